The van der Waals surface area contributed by atoms with Crippen LogP contribution < -0.4 is 10.6 Å². The topological polar surface area (TPSA) is 109 Å². The first-order valence-corrected chi connectivity index (χ1v) is 15.5. The molecule has 45 heavy (non-hydrogen) atoms. The Morgan fingerprint density at radius 2 is 1.89 bits per heavy atom. The van der Waals surface area contributed by atoms with Gasteiger partial charge in [-0.15, -0.1) is 0 Å². The molecular formula is C32H42F4N6O3. The predicted molar refractivity (Wildman–Crippen MR) is 163 cm³/mol. The van der Waals surface area contributed by atoms with Gasteiger partial charge in [-0.3, -0.25) is 9.69 Å². The van der Waals surface area contributed by atoms with E-state index >= 15 is 4.39 Å². The molecule has 3 heterocycles. The van der Waals surface area contributed by atoms with Gasteiger partial charge >= 0.3 is 6.18 Å². The zero-order chi connectivity index (χ0) is 32.9. The first-order valence-electron chi connectivity index (χ1n) is 15.5. The normalized spacial score (nSPS) is 19.5. The van der Waals surface area contributed by atoms with Crippen LogP contribution in [0.4, 0.5) is 23.2 Å². The molecule has 5 rings (SSSR count). The number of amides is 1. The van der Waals surface area contributed by atoms with Crippen molar-refractivity contribution >= 4 is 22.7 Å². The van der Waals surface area contributed by atoms with Crippen molar-refractivity contribution in [2.75, 3.05) is 18.4 Å². The van der Waals surface area contributed by atoms with E-state index in [1.165, 1.54) is 13.2 Å². The molecular weight excluding hydrogens is 592 g/mol. The van der Waals surface area contributed by atoms with Crippen LogP contribution in [0.3, 0.4) is 0 Å². The molecule has 1 aliphatic carbocycles. The van der Waals surface area contributed by atoms with Gasteiger partial charge in [-0.1, -0.05) is 31.1 Å². The highest BCUT2D eigenvalue weighted by Gasteiger charge is 2.34. The third kappa shape index (κ3) is 8.71. The minimum Gasteiger partial charge on any atom is -0.448 e. The lowest BCUT2D eigenvalue weighted by molar-refractivity contribution is -0.122. The molecule has 9 nitrogen and oxygen atoms in total. The fourth-order valence-electron chi connectivity index (χ4n) is 5.28. The second-order valence-electron chi connectivity index (χ2n) is 11.6. The largest absolute Gasteiger partial charge is 0.448 e. The number of hydrogen-bond donors (Lipinski definition) is 2. The molecule has 1 saturated carbocycles. The van der Waals surface area contributed by atoms with Crippen molar-refractivity contribution in [3.8, 4) is 0 Å². The lowest BCUT2D eigenvalue weighted by Crippen LogP contribution is -2.50. The molecule has 3 aromatic rings. The highest BCUT2D eigenvalue weighted by Crippen LogP contribution is 2.40. The first-order chi connectivity index (χ1) is 21.4. The first kappa shape index (κ1) is 34.1. The van der Waals surface area contributed by atoms with E-state index in [9.17, 15) is 18.0 Å². The third-order valence-corrected chi connectivity index (χ3v) is 8.02. The summed E-state index contributed by atoms with van der Waals surface area (Å²) in [4.78, 5) is 23.0. The number of carbonyl (C=O) groups is 1. The monoisotopic (exact) mass is 634 g/mol. The number of allylic oxidation sites excluding steroid dienone is 2. The van der Waals surface area contributed by atoms with Gasteiger partial charge in [0, 0.05) is 36.3 Å². The maximum Gasteiger partial charge on any atom is 0.393 e. The smallest absolute Gasteiger partial charge is 0.393 e. The molecule has 0 radical (unpaired) electrons. The summed E-state index contributed by atoms with van der Waals surface area (Å²) < 4.78 is 67.1. The Morgan fingerprint density at radius 3 is 2.53 bits per heavy atom. The maximum atomic E-state index is 15.0. The number of likely N-dealkylation sites (tertiary alicyclic amines) is 1. The molecule has 2 atom stereocenters. The number of carbonyl (C=O) groups excluding carboxylic acids is 1. The molecule has 2 aliphatic rings. The minimum atomic E-state index is -4.52. The number of piperidine rings is 1. The number of anilines is 1. The summed E-state index contributed by atoms with van der Waals surface area (Å²) >= 11 is 0. The summed E-state index contributed by atoms with van der Waals surface area (Å²) in [6.45, 7) is 12.2. The van der Waals surface area contributed by atoms with Crippen LogP contribution in [0.15, 0.2) is 33.4 Å². The number of oxazole rings is 1. The number of nitrogens with one attached hydrogen (secondary N) is 2. The van der Waals surface area contributed by atoms with Crippen molar-refractivity contribution < 1.29 is 31.3 Å². The van der Waals surface area contributed by atoms with Crippen molar-refractivity contribution in [3.05, 3.63) is 58.9 Å². The van der Waals surface area contributed by atoms with Crippen LogP contribution in [0.2, 0.25) is 0 Å². The fourth-order valence-corrected chi connectivity index (χ4v) is 5.28. The van der Waals surface area contributed by atoms with Gasteiger partial charge in [0.25, 0.3) is 5.91 Å². The van der Waals surface area contributed by atoms with E-state index < -0.39 is 30.7 Å². The van der Waals surface area contributed by atoms with Gasteiger partial charge in [0.1, 0.15) is 12.4 Å². The zero-order valence-corrected chi connectivity index (χ0v) is 26.6. The number of alkyl halides is 4. The molecule has 2 aromatic heterocycles. The van der Waals surface area contributed by atoms with Gasteiger partial charge in [0.2, 0.25) is 5.89 Å². The molecule has 1 aliphatic heterocycles. The van der Waals surface area contributed by atoms with E-state index in [-0.39, 0.29) is 47.1 Å². The molecule has 2 N–H and O–H groups in total. The molecule has 1 amide bonds. The van der Waals surface area contributed by atoms with Gasteiger partial charge in [0.05, 0.1) is 19.0 Å². The summed E-state index contributed by atoms with van der Waals surface area (Å²) in [6.07, 6.45) is -3.04. The number of benzene rings is 1. The van der Waals surface area contributed by atoms with Gasteiger partial charge in [-0.05, 0) is 69.7 Å². The van der Waals surface area contributed by atoms with Gasteiger partial charge < -0.3 is 19.6 Å². The summed E-state index contributed by atoms with van der Waals surface area (Å²) in [5.74, 6) is 0.284. The van der Waals surface area contributed by atoms with Crippen molar-refractivity contribution in [3.63, 3.8) is 0 Å². The van der Waals surface area contributed by atoms with Crippen LogP contribution in [0.5, 0.6) is 0 Å². The maximum absolute atomic E-state index is 15.0. The molecule has 246 valence electrons. The average Bonchev–Trinajstić information content (AvgIpc) is 3.53. The standard InChI is InChI=1S/C30H36F4N6O3.C2H6/c1-16(2)40-11-10-24(22(31)14-40)36-23-7-5-6-20(17(23)3)21(12-30(32,33)34)18(4)27-38-26(43-39-27)13-35-28(41)25-15-42-29(37-25)19-8-9-19;1-2/h5-7,15-16,19,22,24,36H,8-14H2,1-4H3,(H,35,41);1-2H3/b21-18+;. The highest BCUT2D eigenvalue weighted by molar-refractivity contribution is 5.92. The van der Waals surface area contributed by atoms with Crippen molar-refractivity contribution in [2.45, 2.75) is 104 Å². The van der Waals surface area contributed by atoms with Crippen LogP contribution >= 0.6 is 0 Å². The summed E-state index contributed by atoms with van der Waals surface area (Å²) in [7, 11) is 0. The van der Waals surface area contributed by atoms with Crippen molar-refractivity contribution in [1.82, 2.24) is 25.3 Å². The number of nitrogens with zero attached hydrogens (tertiary/aromatic N) is 4. The highest BCUT2D eigenvalue weighted by atomic mass is 19.4. The minimum absolute atomic E-state index is 0.0216. The molecule has 2 unspecified atom stereocenters. The lowest BCUT2D eigenvalue weighted by Gasteiger charge is -2.38. The number of aromatic nitrogens is 3. The third-order valence-electron chi connectivity index (χ3n) is 8.02. The zero-order valence-electron chi connectivity index (χ0n) is 26.6. The van der Waals surface area contributed by atoms with Crippen molar-refractivity contribution in [2.24, 2.45) is 0 Å². The molecule has 1 aromatic carbocycles. The van der Waals surface area contributed by atoms with Gasteiger partial charge in [-0.2, -0.15) is 18.2 Å². The Bertz CT molecular complexity index is 1480. The SMILES string of the molecule is C/C(=C(/CC(F)(F)F)c1cccc(NC2CCN(C(C)C)CC2F)c1C)c1noc(CNC(=O)c2coc(C3CC3)n2)n1.CC. The molecule has 0 spiro atoms. The van der Waals surface area contributed by atoms with Crippen LogP contribution in [0, 0.1) is 6.92 Å². The Hall–Kier alpha value is -3.74. The summed E-state index contributed by atoms with van der Waals surface area (Å²) in [6, 6.07) is 4.79. The van der Waals surface area contributed by atoms with E-state index in [0.717, 1.165) is 19.4 Å². The van der Waals surface area contributed by atoms with Crippen LogP contribution in [-0.4, -0.2) is 63.5 Å². The Balaban J connectivity index is 0.00000226. The van der Waals surface area contributed by atoms with Crippen LogP contribution in [-0.2, 0) is 6.54 Å². The molecule has 1 saturated heterocycles. The number of hydrogen-bond acceptors (Lipinski definition) is 8. The second-order valence-corrected chi connectivity index (χ2v) is 11.6. The quantitative estimate of drug-likeness (QED) is 0.224. The Kier molecular flexibility index (Phi) is 11.1. The Morgan fingerprint density at radius 1 is 1.16 bits per heavy atom. The second kappa shape index (κ2) is 14.6. The van der Waals surface area contributed by atoms with E-state index in [2.05, 4.69) is 30.7 Å². The van der Waals surface area contributed by atoms with E-state index in [1.807, 2.05) is 27.7 Å². The van der Waals surface area contributed by atoms with E-state index in [0.29, 0.717) is 35.7 Å². The van der Waals surface area contributed by atoms with Gasteiger partial charge in [-0.25, -0.2) is 9.37 Å². The molecule has 0 bridgehead atoms. The average molecular weight is 635 g/mol. The number of rotatable bonds is 10. The predicted octanol–water partition coefficient (Wildman–Crippen LogP) is 7.32. The summed E-state index contributed by atoms with van der Waals surface area (Å²) in [5.41, 5.74) is 1.77. The fraction of sp³-hybridized carbons (Fsp3) is 0.562. The van der Waals surface area contributed by atoms with E-state index in [1.54, 1.807) is 25.1 Å². The van der Waals surface area contributed by atoms with Crippen LogP contribution in [0.25, 0.3) is 11.1 Å². The molecule has 13 heteroatoms. The number of halogens is 4. The van der Waals surface area contributed by atoms with Gasteiger partial charge in [0.15, 0.2) is 17.4 Å². The molecule has 2 fully saturated rings. The van der Waals surface area contributed by atoms with E-state index in [4.69, 9.17) is 8.94 Å². The van der Waals surface area contributed by atoms with Crippen molar-refractivity contribution in [1.29, 1.82) is 0 Å². The Labute approximate surface area is 260 Å². The summed E-state index contributed by atoms with van der Waals surface area (Å²) in [5, 5.41) is 9.74. The van der Waals surface area contributed by atoms with Crippen LogP contribution in [0.1, 0.15) is 105 Å². The lowest BCUT2D eigenvalue weighted by atomic mass is 9.92.